The Labute approximate surface area is 141 Å². The van der Waals surface area contributed by atoms with Crippen molar-refractivity contribution in [2.75, 3.05) is 13.2 Å². The van der Waals surface area contributed by atoms with Crippen LogP contribution in [0.5, 0.6) is 0 Å². The number of hydrogen-bond donors (Lipinski definition) is 0. The summed E-state index contributed by atoms with van der Waals surface area (Å²) in [5.74, 6) is 3.93. The summed E-state index contributed by atoms with van der Waals surface area (Å²) in [6, 6.07) is -0.0520. The molecule has 0 N–H and O–H groups in total. The quantitative estimate of drug-likeness (QED) is 0.843. The van der Waals surface area contributed by atoms with E-state index >= 15 is 0 Å². The van der Waals surface area contributed by atoms with Crippen LogP contribution < -0.4 is 0 Å². The molecule has 1 saturated heterocycles. The molecule has 0 amide bonds. The van der Waals surface area contributed by atoms with E-state index in [-0.39, 0.29) is 12.1 Å². The molecule has 1 saturated carbocycles. The average Bonchev–Trinajstić information content (AvgIpc) is 3.07. The Morgan fingerprint density at radius 2 is 2.08 bits per heavy atom. The van der Waals surface area contributed by atoms with Crippen molar-refractivity contribution in [2.45, 2.75) is 57.7 Å². The Balaban J connectivity index is 1.56. The van der Waals surface area contributed by atoms with Gasteiger partial charge in [0.25, 0.3) is 0 Å². The van der Waals surface area contributed by atoms with Crippen LogP contribution in [0.15, 0.2) is 4.52 Å². The molecule has 2 aromatic heterocycles. The molecule has 0 bridgehead atoms. The van der Waals surface area contributed by atoms with E-state index in [9.17, 15) is 0 Å². The van der Waals surface area contributed by atoms with Crippen molar-refractivity contribution in [1.29, 1.82) is 0 Å². The van der Waals surface area contributed by atoms with Gasteiger partial charge in [-0.2, -0.15) is 4.98 Å². The smallest absolute Gasteiger partial charge is 0.246 e. The molecule has 1 aliphatic heterocycles. The van der Waals surface area contributed by atoms with Crippen molar-refractivity contribution < 1.29 is 9.26 Å². The Morgan fingerprint density at radius 1 is 1.25 bits per heavy atom. The van der Waals surface area contributed by atoms with E-state index in [4.69, 9.17) is 9.26 Å². The predicted octanol–water partition coefficient (Wildman–Crippen LogP) is 1.74. The Bertz CT molecular complexity index is 707. The number of nitrogens with zero attached hydrogens (tertiary/aromatic N) is 6. The minimum Gasteiger partial charge on any atom is -0.375 e. The summed E-state index contributed by atoms with van der Waals surface area (Å²) in [5, 5.41) is 12.8. The van der Waals surface area contributed by atoms with Crippen LogP contribution in [-0.4, -0.2) is 49.1 Å². The molecule has 4 rings (SSSR count). The Morgan fingerprint density at radius 3 is 2.75 bits per heavy atom. The van der Waals surface area contributed by atoms with Gasteiger partial charge in [-0.25, -0.2) is 0 Å². The largest absolute Gasteiger partial charge is 0.375 e. The van der Waals surface area contributed by atoms with Crippen LogP contribution in [0.1, 0.15) is 61.5 Å². The fraction of sp³-hybridized carbons (Fsp3) is 0.750. The zero-order valence-electron chi connectivity index (χ0n) is 14.5. The van der Waals surface area contributed by atoms with Crippen LogP contribution in [0.25, 0.3) is 0 Å². The third kappa shape index (κ3) is 2.73. The minimum absolute atomic E-state index is 0.00192. The van der Waals surface area contributed by atoms with E-state index in [0.29, 0.717) is 30.8 Å². The maximum Gasteiger partial charge on any atom is 0.246 e. The van der Waals surface area contributed by atoms with Crippen molar-refractivity contribution >= 4 is 0 Å². The summed E-state index contributed by atoms with van der Waals surface area (Å²) in [6.45, 7) is 6.09. The van der Waals surface area contributed by atoms with Gasteiger partial charge in [-0.15, -0.1) is 10.2 Å². The Hall–Kier alpha value is -1.80. The fourth-order valence-corrected chi connectivity index (χ4v) is 3.57. The predicted molar refractivity (Wildman–Crippen MR) is 85.2 cm³/mol. The van der Waals surface area contributed by atoms with E-state index < -0.39 is 0 Å². The lowest BCUT2D eigenvalue weighted by atomic mass is 9.85. The van der Waals surface area contributed by atoms with E-state index in [0.717, 1.165) is 18.2 Å². The van der Waals surface area contributed by atoms with Crippen LogP contribution in [0.2, 0.25) is 0 Å². The molecule has 0 unspecified atom stereocenters. The molecule has 3 heterocycles. The molecule has 2 atom stereocenters. The summed E-state index contributed by atoms with van der Waals surface area (Å²) in [7, 11) is 2.07. The molecule has 0 radical (unpaired) electrons. The second kappa shape index (κ2) is 6.25. The van der Waals surface area contributed by atoms with Gasteiger partial charge in [0.1, 0.15) is 17.7 Å². The number of aryl methyl sites for hydroxylation is 1. The summed E-state index contributed by atoms with van der Waals surface area (Å²) in [6.07, 6.45) is 3.75. The molecule has 0 spiro atoms. The second-order valence-electron chi connectivity index (χ2n) is 6.83. The third-order valence-electron chi connectivity index (χ3n) is 5.21. The maximum atomic E-state index is 5.81. The topological polar surface area (TPSA) is 82.1 Å². The van der Waals surface area contributed by atoms with E-state index in [1.807, 2.05) is 13.8 Å². The lowest BCUT2D eigenvalue weighted by Gasteiger charge is -2.37. The Kier molecular flexibility index (Phi) is 4.09. The van der Waals surface area contributed by atoms with Gasteiger partial charge in [0.2, 0.25) is 5.89 Å². The third-order valence-corrected chi connectivity index (χ3v) is 5.21. The lowest BCUT2D eigenvalue weighted by Crippen LogP contribution is -2.44. The number of ether oxygens (including phenoxy) is 1. The molecule has 1 aliphatic carbocycles. The zero-order valence-corrected chi connectivity index (χ0v) is 14.5. The van der Waals surface area contributed by atoms with Crippen molar-refractivity contribution in [3.8, 4) is 0 Å². The van der Waals surface area contributed by atoms with Crippen LogP contribution in [0.3, 0.4) is 0 Å². The van der Waals surface area contributed by atoms with Gasteiger partial charge in [0.05, 0.1) is 19.3 Å². The van der Waals surface area contributed by atoms with Crippen LogP contribution >= 0.6 is 0 Å². The van der Waals surface area contributed by atoms with Crippen LogP contribution in [-0.2, 0) is 18.3 Å². The lowest BCUT2D eigenvalue weighted by molar-refractivity contribution is -0.0773. The van der Waals surface area contributed by atoms with Crippen LogP contribution in [0, 0.1) is 6.92 Å². The minimum atomic E-state index is -0.0520. The number of aromatic nitrogens is 5. The number of rotatable bonds is 4. The first-order chi connectivity index (χ1) is 11.6. The highest BCUT2D eigenvalue weighted by molar-refractivity contribution is 5.06. The molecule has 0 aromatic carbocycles. The van der Waals surface area contributed by atoms with Gasteiger partial charge >= 0.3 is 0 Å². The van der Waals surface area contributed by atoms with E-state index in [2.05, 4.69) is 36.9 Å². The van der Waals surface area contributed by atoms with Gasteiger partial charge < -0.3 is 13.8 Å². The molecule has 2 fully saturated rings. The molecule has 24 heavy (non-hydrogen) atoms. The first-order valence-corrected chi connectivity index (χ1v) is 8.67. The van der Waals surface area contributed by atoms with Gasteiger partial charge in [-0.05, 0) is 26.7 Å². The second-order valence-corrected chi connectivity index (χ2v) is 6.83. The molecular weight excluding hydrogens is 308 g/mol. The number of morpholine rings is 1. The van der Waals surface area contributed by atoms with Crippen molar-refractivity contribution in [3.05, 3.63) is 23.4 Å². The van der Waals surface area contributed by atoms with Gasteiger partial charge in [-0.3, -0.25) is 4.90 Å². The first-order valence-electron chi connectivity index (χ1n) is 8.67. The van der Waals surface area contributed by atoms with Gasteiger partial charge in [0, 0.05) is 19.5 Å². The van der Waals surface area contributed by atoms with Crippen molar-refractivity contribution in [1.82, 2.24) is 29.8 Å². The molecule has 8 nitrogen and oxygen atoms in total. The highest BCUT2D eigenvalue weighted by Gasteiger charge is 2.36. The standard InChI is InChI=1S/C16H24N6O2/c1-10-14(16-17-11(2)20-24-16)22(7-8-23-10)9-13-18-19-15(21(13)3)12-5-4-6-12/h10,12,14H,4-9H2,1-3H3/t10-,14+/m1/s1. The average molecular weight is 332 g/mol. The van der Waals surface area contributed by atoms with Crippen LogP contribution in [0.4, 0.5) is 0 Å². The fourth-order valence-electron chi connectivity index (χ4n) is 3.57. The zero-order chi connectivity index (χ0) is 16.7. The molecule has 130 valence electrons. The van der Waals surface area contributed by atoms with Crippen molar-refractivity contribution in [3.63, 3.8) is 0 Å². The van der Waals surface area contributed by atoms with Gasteiger partial charge in [0.15, 0.2) is 5.82 Å². The SMILES string of the molecule is Cc1noc([C@@H]2[C@@H](C)OCCN2Cc2nnc(C3CCC3)n2C)n1. The molecular formula is C16H24N6O2. The first kappa shape index (κ1) is 15.7. The van der Waals surface area contributed by atoms with E-state index in [1.165, 1.54) is 19.3 Å². The van der Waals surface area contributed by atoms with Gasteiger partial charge in [-0.1, -0.05) is 11.6 Å². The number of hydrogen-bond acceptors (Lipinski definition) is 7. The monoisotopic (exact) mass is 332 g/mol. The molecule has 2 aromatic rings. The molecule has 8 heteroatoms. The summed E-state index contributed by atoms with van der Waals surface area (Å²) in [4.78, 5) is 6.71. The van der Waals surface area contributed by atoms with E-state index in [1.54, 1.807) is 0 Å². The highest BCUT2D eigenvalue weighted by atomic mass is 16.5. The summed E-state index contributed by atoms with van der Waals surface area (Å²) in [5.41, 5.74) is 0. The summed E-state index contributed by atoms with van der Waals surface area (Å²) >= 11 is 0. The van der Waals surface area contributed by atoms with Crippen molar-refractivity contribution in [2.24, 2.45) is 7.05 Å². The normalized spacial score (nSPS) is 25.8. The molecule has 2 aliphatic rings. The summed E-state index contributed by atoms with van der Waals surface area (Å²) < 4.78 is 13.4. The maximum absolute atomic E-state index is 5.81. The highest BCUT2D eigenvalue weighted by Crippen LogP contribution is 2.35.